The van der Waals surface area contributed by atoms with Crippen molar-refractivity contribution in [1.82, 2.24) is 0 Å². The van der Waals surface area contributed by atoms with Crippen molar-refractivity contribution in [3.05, 3.63) is 208 Å². The highest BCUT2D eigenvalue weighted by atomic mass is 19.4. The summed E-state index contributed by atoms with van der Waals surface area (Å²) in [6.45, 7) is 8.24. The third-order valence-electron chi connectivity index (χ3n) is 16.3. The molecule has 2 aliphatic carbocycles. The molecule has 0 bridgehead atoms. The molecule has 1 fully saturated rings. The normalized spacial score (nSPS) is 17.3. The maximum absolute atomic E-state index is 14.4. The van der Waals surface area contributed by atoms with Crippen LogP contribution in [-0.4, -0.2) is 16.1 Å². The third-order valence-corrected chi connectivity index (χ3v) is 16.3. The molecule has 0 radical (unpaired) electrons. The van der Waals surface area contributed by atoms with Crippen LogP contribution in [0.2, 0.25) is 0 Å². The maximum Gasteiger partial charge on any atom is 0.416 e. The number of rotatable bonds is 11. The van der Waals surface area contributed by atoms with Gasteiger partial charge in [0.15, 0.2) is 5.60 Å². The van der Waals surface area contributed by atoms with E-state index in [2.05, 4.69) is 48.6 Å². The summed E-state index contributed by atoms with van der Waals surface area (Å²) in [6, 6.07) is 46.3. The molecule has 8 heteroatoms. The van der Waals surface area contributed by atoms with Gasteiger partial charge in [0.05, 0.1) is 5.56 Å². The summed E-state index contributed by atoms with van der Waals surface area (Å²) in [5.74, 6) is 2.06. The maximum atomic E-state index is 14.4. The Kier molecular flexibility index (Phi) is 12.5. The molecular weight excluding hydrogens is 928 g/mol. The van der Waals surface area contributed by atoms with Crippen LogP contribution in [0.4, 0.5) is 18.9 Å². The number of nitrogens with one attached hydrogen (secondary N) is 1. The van der Waals surface area contributed by atoms with E-state index in [-0.39, 0.29) is 17.4 Å². The first kappa shape index (κ1) is 48.7. The third kappa shape index (κ3) is 8.82. The van der Waals surface area contributed by atoms with Crippen molar-refractivity contribution < 1.29 is 32.9 Å². The number of hydrogen-bond donors (Lipinski definition) is 3. The molecule has 3 aliphatic rings. The molecule has 1 heterocycles. The number of aromatic hydroxyl groups is 2. The number of halogens is 3. The van der Waals surface area contributed by atoms with Gasteiger partial charge in [0.1, 0.15) is 17.2 Å². The summed E-state index contributed by atoms with van der Waals surface area (Å²) < 4.78 is 50.5. The zero-order valence-corrected chi connectivity index (χ0v) is 42.2. The van der Waals surface area contributed by atoms with Crippen LogP contribution in [0.25, 0.3) is 50.2 Å². The van der Waals surface area contributed by atoms with Crippen LogP contribution in [0, 0.1) is 12.8 Å². The van der Waals surface area contributed by atoms with Gasteiger partial charge in [-0.1, -0.05) is 131 Å². The zero-order chi connectivity index (χ0) is 51.5. The van der Waals surface area contributed by atoms with E-state index in [4.69, 9.17) is 4.74 Å². The minimum atomic E-state index is -4.53. The van der Waals surface area contributed by atoms with Gasteiger partial charge in [-0.2, -0.15) is 13.2 Å². The van der Waals surface area contributed by atoms with Crippen LogP contribution < -0.4 is 10.1 Å². The van der Waals surface area contributed by atoms with Crippen molar-refractivity contribution in [3.63, 3.8) is 0 Å². The highest BCUT2D eigenvalue weighted by molar-refractivity contribution is 6.10. The summed E-state index contributed by atoms with van der Waals surface area (Å²) in [5.41, 5.74) is 10.0. The Morgan fingerprint density at radius 3 is 1.91 bits per heavy atom. The molecule has 5 nitrogen and oxygen atoms in total. The first-order valence-corrected chi connectivity index (χ1v) is 26.1. The van der Waals surface area contributed by atoms with E-state index in [0.717, 1.165) is 84.0 Å². The molecule has 0 aromatic heterocycles. The molecule has 8 aromatic rings. The lowest BCUT2D eigenvalue weighted by Crippen LogP contribution is -2.35. The molecule has 11 rings (SSSR count). The first-order chi connectivity index (χ1) is 35.6. The van der Waals surface area contributed by atoms with Gasteiger partial charge in [-0.05, 0) is 184 Å². The van der Waals surface area contributed by atoms with Crippen molar-refractivity contribution in [2.75, 3.05) is 5.32 Å². The zero-order valence-electron chi connectivity index (χ0n) is 42.2. The van der Waals surface area contributed by atoms with E-state index in [1.165, 1.54) is 63.0 Å². The van der Waals surface area contributed by atoms with E-state index >= 15 is 0 Å². The second kappa shape index (κ2) is 19.0. The lowest BCUT2D eigenvalue weighted by Gasteiger charge is -2.38. The molecule has 3 N–H and O–H groups in total. The van der Waals surface area contributed by atoms with Gasteiger partial charge in [-0.3, -0.25) is 4.79 Å². The molecule has 374 valence electrons. The minimum Gasteiger partial charge on any atom is -0.508 e. The lowest BCUT2D eigenvalue weighted by atomic mass is 9.76. The van der Waals surface area contributed by atoms with E-state index in [1.54, 1.807) is 54.6 Å². The monoisotopic (exact) mass is 987 g/mol. The van der Waals surface area contributed by atoms with Crippen molar-refractivity contribution in [2.45, 2.75) is 102 Å². The lowest BCUT2D eigenvalue weighted by molar-refractivity contribution is -0.137. The number of carbonyl (C=O) groups is 1. The van der Waals surface area contributed by atoms with Crippen molar-refractivity contribution in [3.8, 4) is 50.6 Å². The Balaban J connectivity index is 0.896. The Hall–Kier alpha value is -7.58. The number of aryl methyl sites for hydroxylation is 1. The van der Waals surface area contributed by atoms with Crippen LogP contribution >= 0.6 is 0 Å². The minimum absolute atomic E-state index is 0.0936. The Labute approximate surface area is 431 Å². The summed E-state index contributed by atoms with van der Waals surface area (Å²) in [7, 11) is 0. The summed E-state index contributed by atoms with van der Waals surface area (Å²) in [6.07, 6.45) is 10.0. The number of fused-ring (bicyclic) bond motifs is 8. The topological polar surface area (TPSA) is 78.8 Å². The molecule has 8 aromatic carbocycles. The number of alkyl halides is 3. The number of hydrogen-bond acceptors (Lipinski definition) is 4. The quantitative estimate of drug-likeness (QED) is 0.113. The molecule has 0 spiro atoms. The summed E-state index contributed by atoms with van der Waals surface area (Å²) in [4.78, 5) is 13.6. The molecule has 0 unspecified atom stereocenters. The molecule has 1 aliphatic heterocycles. The van der Waals surface area contributed by atoms with Crippen LogP contribution in [0.5, 0.6) is 17.2 Å². The second-order valence-corrected chi connectivity index (χ2v) is 21.3. The van der Waals surface area contributed by atoms with E-state index in [0.29, 0.717) is 28.5 Å². The summed E-state index contributed by atoms with van der Waals surface area (Å²) >= 11 is 0. The molecule has 0 saturated heterocycles. The molecular formula is C66H60F3NO4. The number of amides is 1. The summed E-state index contributed by atoms with van der Waals surface area (Å²) in [5, 5.41) is 25.3. The number of phenolic OH excluding ortho intramolecular Hbond substituents is 2. The van der Waals surface area contributed by atoms with Gasteiger partial charge in [0, 0.05) is 38.7 Å². The van der Waals surface area contributed by atoms with Crippen LogP contribution in [0.1, 0.15) is 133 Å². The molecule has 1 saturated carbocycles. The standard InChI is InChI=1S/C66H60F3NO4/c1-5-6-7-8-41-9-11-42(12-10-41)43-13-15-44(16-14-43)45-17-19-47(20-18-45)63(73)70-51-28-21-46(22-29-51)56-39-57-58(37-40(56)2)62-55(61-60(57)54-34-27-50(66(67,68)69)38-59(54)64(61,3)4)35-36-65(74-62,48-23-30-52(71)31-24-48)49-25-32-53(72)33-26-49/h13-39,41-42,71-72H,5-12H2,1-4H3,(H,70,73). The molecule has 74 heavy (non-hydrogen) atoms. The van der Waals surface area contributed by atoms with Crippen LogP contribution in [-0.2, 0) is 17.2 Å². The van der Waals surface area contributed by atoms with Gasteiger partial charge >= 0.3 is 6.18 Å². The Morgan fingerprint density at radius 2 is 1.30 bits per heavy atom. The smallest absolute Gasteiger partial charge is 0.416 e. The van der Waals surface area contributed by atoms with E-state index in [1.807, 2.05) is 81.5 Å². The molecule has 1 amide bonds. The number of benzene rings is 8. The number of phenols is 2. The Bertz CT molecular complexity index is 3390. The van der Waals surface area contributed by atoms with Gasteiger partial charge < -0.3 is 20.3 Å². The van der Waals surface area contributed by atoms with Gasteiger partial charge in [-0.15, -0.1) is 0 Å². The highest BCUT2D eigenvalue weighted by Crippen LogP contribution is 2.59. The largest absolute Gasteiger partial charge is 0.508 e. The van der Waals surface area contributed by atoms with E-state index < -0.39 is 22.8 Å². The predicted molar refractivity (Wildman–Crippen MR) is 292 cm³/mol. The van der Waals surface area contributed by atoms with Crippen molar-refractivity contribution >= 4 is 28.4 Å². The van der Waals surface area contributed by atoms with Gasteiger partial charge in [0.2, 0.25) is 0 Å². The van der Waals surface area contributed by atoms with Crippen LogP contribution in [0.3, 0.4) is 0 Å². The first-order valence-electron chi connectivity index (χ1n) is 26.1. The van der Waals surface area contributed by atoms with Crippen molar-refractivity contribution in [1.29, 1.82) is 0 Å². The number of carbonyl (C=O) groups excluding carboxylic acids is 1. The van der Waals surface area contributed by atoms with Crippen molar-refractivity contribution in [2.24, 2.45) is 5.92 Å². The number of unbranched alkanes of at least 4 members (excludes halogenated alkanes) is 2. The predicted octanol–water partition coefficient (Wildman–Crippen LogP) is 17.7. The second-order valence-electron chi connectivity index (χ2n) is 21.3. The Morgan fingerprint density at radius 1 is 0.689 bits per heavy atom. The average Bonchev–Trinajstić information content (AvgIpc) is 3.65. The fourth-order valence-corrected chi connectivity index (χ4v) is 12.2. The van der Waals surface area contributed by atoms with Crippen LogP contribution in [0.15, 0.2) is 158 Å². The number of anilines is 1. The van der Waals surface area contributed by atoms with E-state index in [9.17, 15) is 28.2 Å². The van der Waals surface area contributed by atoms with Gasteiger partial charge in [-0.25, -0.2) is 0 Å². The highest BCUT2D eigenvalue weighted by Gasteiger charge is 2.45. The average molecular weight is 988 g/mol. The fraction of sp³-hybridized carbons (Fsp3) is 0.258. The molecule has 0 atom stereocenters. The SMILES string of the molecule is CCCCCC1CCC(c2ccc(-c3ccc(C(=O)Nc4ccc(-c5cc6c7c(c8c(c6cc5C)OC(c5ccc(O)cc5)(c5ccc(O)cc5)C=C8)C(C)(C)c5cc(C(F)(F)F)ccc5-7)cc4)cc3)cc2)CC1. The number of ether oxygens (including phenoxy) is 1. The fourth-order valence-electron chi connectivity index (χ4n) is 12.2. The van der Waals surface area contributed by atoms with Gasteiger partial charge in [0.25, 0.3) is 5.91 Å².